The van der Waals surface area contributed by atoms with Gasteiger partial charge < -0.3 is 10.2 Å². The topological polar surface area (TPSA) is 40.5 Å². The fraction of sp³-hybridized carbons (Fsp3) is 0.538. The van der Waals surface area contributed by atoms with Crippen LogP contribution in [-0.2, 0) is 5.41 Å². The molecule has 0 amide bonds. The van der Waals surface area contributed by atoms with Crippen LogP contribution in [0.4, 0.5) is 0 Å². The van der Waals surface area contributed by atoms with Crippen LogP contribution in [0.3, 0.4) is 0 Å². The molecule has 2 nitrogen and oxygen atoms in total. The maximum absolute atomic E-state index is 10.1. The van der Waals surface area contributed by atoms with Crippen molar-refractivity contribution in [2.45, 2.75) is 46.0 Å². The quantitative estimate of drug-likeness (QED) is 0.757. The van der Waals surface area contributed by atoms with Gasteiger partial charge in [-0.3, -0.25) is 0 Å². The molecule has 0 aliphatic carbocycles. The Balaban J connectivity index is 3.52. The highest BCUT2D eigenvalue weighted by atomic mass is 79.9. The van der Waals surface area contributed by atoms with Gasteiger partial charge in [0, 0.05) is 11.1 Å². The van der Waals surface area contributed by atoms with E-state index in [1.54, 1.807) is 6.07 Å². The van der Waals surface area contributed by atoms with Crippen molar-refractivity contribution in [1.29, 1.82) is 0 Å². The second-order valence-corrected chi connectivity index (χ2v) is 6.22. The van der Waals surface area contributed by atoms with Crippen molar-refractivity contribution < 1.29 is 10.2 Å². The SMILES string of the molecule is CC(C)c1c(O)cc(C(C)(C)C)c(O)c1Br. The highest BCUT2D eigenvalue weighted by Crippen LogP contribution is 2.44. The molecular formula is C13H19BrO2. The first-order valence-electron chi connectivity index (χ1n) is 5.41. The van der Waals surface area contributed by atoms with Crippen LogP contribution in [0.2, 0.25) is 0 Å². The summed E-state index contributed by atoms with van der Waals surface area (Å²) in [6.07, 6.45) is 0. The highest BCUT2D eigenvalue weighted by molar-refractivity contribution is 9.10. The van der Waals surface area contributed by atoms with E-state index in [4.69, 9.17) is 0 Å². The third kappa shape index (κ3) is 2.34. The van der Waals surface area contributed by atoms with Crippen molar-refractivity contribution >= 4 is 15.9 Å². The number of aromatic hydroxyl groups is 2. The lowest BCUT2D eigenvalue weighted by Gasteiger charge is -2.23. The van der Waals surface area contributed by atoms with Gasteiger partial charge in [-0.2, -0.15) is 0 Å². The monoisotopic (exact) mass is 286 g/mol. The normalized spacial score (nSPS) is 12.2. The van der Waals surface area contributed by atoms with Crippen LogP contribution in [0.1, 0.15) is 51.7 Å². The highest BCUT2D eigenvalue weighted by Gasteiger charge is 2.24. The molecule has 3 heteroatoms. The lowest BCUT2D eigenvalue weighted by molar-refractivity contribution is 0.426. The van der Waals surface area contributed by atoms with Crippen molar-refractivity contribution in [1.82, 2.24) is 0 Å². The molecule has 2 N–H and O–H groups in total. The molecule has 0 unspecified atom stereocenters. The first-order valence-corrected chi connectivity index (χ1v) is 6.20. The van der Waals surface area contributed by atoms with E-state index in [9.17, 15) is 10.2 Å². The summed E-state index contributed by atoms with van der Waals surface area (Å²) in [5.74, 6) is 0.632. The summed E-state index contributed by atoms with van der Waals surface area (Å²) in [4.78, 5) is 0. The van der Waals surface area contributed by atoms with Gasteiger partial charge in [-0.15, -0.1) is 0 Å². The third-order valence-corrected chi connectivity index (χ3v) is 3.44. The van der Waals surface area contributed by atoms with Crippen molar-refractivity contribution in [3.8, 4) is 11.5 Å². The van der Waals surface area contributed by atoms with E-state index in [2.05, 4.69) is 15.9 Å². The molecular weight excluding hydrogens is 268 g/mol. The second kappa shape index (κ2) is 4.28. The Labute approximate surface area is 105 Å². The van der Waals surface area contributed by atoms with Gasteiger partial charge in [0.05, 0.1) is 4.47 Å². The standard InChI is InChI=1S/C13H19BrO2/c1-7(2)10-9(15)6-8(13(3,4)5)12(16)11(10)14/h6-7,15-16H,1-5H3. The molecule has 0 radical (unpaired) electrons. The molecule has 90 valence electrons. The van der Waals surface area contributed by atoms with Crippen molar-refractivity contribution in [3.05, 3.63) is 21.7 Å². The molecule has 0 atom stereocenters. The Morgan fingerprint density at radius 1 is 1.19 bits per heavy atom. The van der Waals surface area contributed by atoms with Gasteiger partial charge in [-0.05, 0) is 33.3 Å². The summed E-state index contributed by atoms with van der Waals surface area (Å²) in [5.41, 5.74) is 1.31. The minimum absolute atomic E-state index is 0.161. The van der Waals surface area contributed by atoms with E-state index in [-0.39, 0.29) is 22.8 Å². The van der Waals surface area contributed by atoms with Gasteiger partial charge in [0.2, 0.25) is 0 Å². The van der Waals surface area contributed by atoms with E-state index in [0.29, 0.717) is 4.47 Å². The van der Waals surface area contributed by atoms with Crippen LogP contribution in [0.15, 0.2) is 10.5 Å². The summed E-state index contributed by atoms with van der Waals surface area (Å²) < 4.78 is 0.604. The number of phenolic OH excluding ortho intramolecular Hbond substituents is 2. The van der Waals surface area contributed by atoms with E-state index < -0.39 is 0 Å². The largest absolute Gasteiger partial charge is 0.508 e. The lowest BCUT2D eigenvalue weighted by Crippen LogP contribution is -2.12. The molecule has 16 heavy (non-hydrogen) atoms. The summed E-state index contributed by atoms with van der Waals surface area (Å²) in [7, 11) is 0. The number of phenols is 2. The van der Waals surface area contributed by atoms with Gasteiger partial charge in [0.25, 0.3) is 0 Å². The van der Waals surface area contributed by atoms with Crippen LogP contribution < -0.4 is 0 Å². The predicted octanol–water partition coefficient (Wildman–Crippen LogP) is 4.28. The molecule has 0 saturated carbocycles. The third-order valence-electron chi connectivity index (χ3n) is 2.64. The Bertz CT molecular complexity index is 403. The molecule has 0 aliphatic rings. The van der Waals surface area contributed by atoms with E-state index in [1.165, 1.54) is 0 Å². The van der Waals surface area contributed by atoms with Crippen molar-refractivity contribution in [3.63, 3.8) is 0 Å². The minimum Gasteiger partial charge on any atom is -0.508 e. The number of halogens is 1. The number of rotatable bonds is 1. The Kier molecular flexibility index (Phi) is 3.58. The van der Waals surface area contributed by atoms with E-state index in [0.717, 1.165) is 11.1 Å². The Morgan fingerprint density at radius 3 is 2.06 bits per heavy atom. The van der Waals surface area contributed by atoms with E-state index >= 15 is 0 Å². The molecule has 0 aliphatic heterocycles. The number of benzene rings is 1. The zero-order valence-corrected chi connectivity index (χ0v) is 12.0. The number of hydrogen-bond acceptors (Lipinski definition) is 2. The molecule has 0 aromatic heterocycles. The van der Waals surface area contributed by atoms with E-state index in [1.807, 2.05) is 34.6 Å². The molecule has 1 rings (SSSR count). The average Bonchev–Trinajstić information content (AvgIpc) is 2.09. The van der Waals surface area contributed by atoms with Gasteiger partial charge >= 0.3 is 0 Å². The van der Waals surface area contributed by atoms with Crippen LogP contribution >= 0.6 is 15.9 Å². The zero-order valence-electron chi connectivity index (χ0n) is 10.4. The molecule has 0 spiro atoms. The molecule has 1 aromatic rings. The molecule has 0 fully saturated rings. The van der Waals surface area contributed by atoms with Gasteiger partial charge in [-0.1, -0.05) is 34.6 Å². The van der Waals surface area contributed by atoms with Crippen LogP contribution in [0.5, 0.6) is 11.5 Å². The van der Waals surface area contributed by atoms with Crippen LogP contribution in [-0.4, -0.2) is 10.2 Å². The van der Waals surface area contributed by atoms with Crippen molar-refractivity contribution in [2.75, 3.05) is 0 Å². The molecule has 0 heterocycles. The van der Waals surface area contributed by atoms with Gasteiger partial charge in [0.1, 0.15) is 11.5 Å². The average molecular weight is 287 g/mol. The Morgan fingerprint density at radius 2 is 1.69 bits per heavy atom. The predicted molar refractivity (Wildman–Crippen MR) is 70.3 cm³/mol. The smallest absolute Gasteiger partial charge is 0.134 e. The van der Waals surface area contributed by atoms with Crippen LogP contribution in [0, 0.1) is 0 Å². The first kappa shape index (κ1) is 13.4. The fourth-order valence-corrected chi connectivity index (χ4v) is 2.64. The lowest BCUT2D eigenvalue weighted by atomic mass is 9.84. The number of hydrogen-bond donors (Lipinski definition) is 2. The summed E-state index contributed by atoms with van der Waals surface area (Å²) >= 11 is 3.36. The Hall–Kier alpha value is -0.700. The van der Waals surface area contributed by atoms with Gasteiger partial charge in [0.15, 0.2) is 0 Å². The van der Waals surface area contributed by atoms with Crippen molar-refractivity contribution in [2.24, 2.45) is 0 Å². The fourth-order valence-electron chi connectivity index (χ4n) is 1.76. The summed E-state index contributed by atoms with van der Waals surface area (Å²) in [6, 6.07) is 1.66. The maximum atomic E-state index is 10.1. The molecule has 1 aromatic carbocycles. The summed E-state index contributed by atoms with van der Waals surface area (Å²) in [6.45, 7) is 9.97. The maximum Gasteiger partial charge on any atom is 0.134 e. The summed E-state index contributed by atoms with van der Waals surface area (Å²) in [5, 5.41) is 20.1. The zero-order chi connectivity index (χ0) is 12.7. The second-order valence-electron chi connectivity index (χ2n) is 5.42. The first-order chi connectivity index (χ1) is 7.16. The van der Waals surface area contributed by atoms with Crippen LogP contribution in [0.25, 0.3) is 0 Å². The van der Waals surface area contributed by atoms with Gasteiger partial charge in [-0.25, -0.2) is 0 Å². The minimum atomic E-state index is -0.195. The molecule has 0 saturated heterocycles. The molecule has 0 bridgehead atoms.